The van der Waals surface area contributed by atoms with Crippen molar-refractivity contribution in [1.29, 1.82) is 0 Å². The van der Waals surface area contributed by atoms with Gasteiger partial charge in [-0.15, -0.1) is 0 Å². The lowest BCUT2D eigenvalue weighted by Crippen LogP contribution is -2.36. The summed E-state index contributed by atoms with van der Waals surface area (Å²) < 4.78 is 0. The van der Waals surface area contributed by atoms with Gasteiger partial charge >= 0.3 is 6.03 Å². The highest BCUT2D eigenvalue weighted by molar-refractivity contribution is 6.33. The summed E-state index contributed by atoms with van der Waals surface area (Å²) in [6.07, 6.45) is 1.66. The minimum Gasteiger partial charge on any atom is -0.391 e. The molecule has 1 fully saturated rings. The van der Waals surface area contributed by atoms with Gasteiger partial charge in [0, 0.05) is 6.54 Å². The van der Waals surface area contributed by atoms with E-state index in [1.54, 1.807) is 24.3 Å². The number of carbonyl (C=O) groups excluding carboxylic acids is 1. The number of halogens is 1. The van der Waals surface area contributed by atoms with Gasteiger partial charge in [-0.05, 0) is 30.9 Å². The van der Waals surface area contributed by atoms with Gasteiger partial charge < -0.3 is 15.7 Å². The van der Waals surface area contributed by atoms with Crippen LogP contribution in [0.4, 0.5) is 10.5 Å². The van der Waals surface area contributed by atoms with Gasteiger partial charge in [-0.3, -0.25) is 0 Å². The SMILES string of the molecule is O=C(NCC(O)C1CC1)Nc1ccccc1Cl. The van der Waals surface area contributed by atoms with Crippen molar-refractivity contribution in [3.05, 3.63) is 29.3 Å². The summed E-state index contributed by atoms with van der Waals surface area (Å²) in [5.41, 5.74) is 0.563. The molecule has 1 aliphatic rings. The third kappa shape index (κ3) is 3.61. The molecule has 5 heteroatoms. The fourth-order valence-electron chi connectivity index (χ4n) is 1.57. The molecule has 1 unspecified atom stereocenters. The second kappa shape index (κ2) is 5.38. The van der Waals surface area contributed by atoms with E-state index in [9.17, 15) is 9.90 Å². The van der Waals surface area contributed by atoms with E-state index in [-0.39, 0.29) is 12.6 Å². The normalized spacial score (nSPS) is 16.4. The summed E-state index contributed by atoms with van der Waals surface area (Å²) >= 11 is 5.90. The Labute approximate surface area is 105 Å². The van der Waals surface area contributed by atoms with E-state index in [2.05, 4.69) is 10.6 Å². The molecule has 0 saturated heterocycles. The molecule has 1 aliphatic carbocycles. The third-order valence-corrected chi connectivity index (χ3v) is 3.09. The minimum absolute atomic E-state index is 0.279. The number of carbonyl (C=O) groups is 1. The molecule has 3 N–H and O–H groups in total. The molecule has 1 atom stereocenters. The van der Waals surface area contributed by atoms with Gasteiger partial charge in [0.1, 0.15) is 0 Å². The maximum absolute atomic E-state index is 11.5. The first-order valence-corrected chi connectivity index (χ1v) is 6.02. The van der Waals surface area contributed by atoms with E-state index in [0.29, 0.717) is 16.6 Å². The van der Waals surface area contributed by atoms with Gasteiger partial charge in [0.25, 0.3) is 0 Å². The Bertz CT molecular complexity index is 407. The molecule has 0 bridgehead atoms. The monoisotopic (exact) mass is 254 g/mol. The first kappa shape index (κ1) is 12.2. The number of para-hydroxylation sites is 1. The summed E-state index contributed by atoms with van der Waals surface area (Å²) in [4.78, 5) is 11.5. The molecule has 0 aromatic heterocycles. The number of anilines is 1. The number of benzene rings is 1. The van der Waals surface area contributed by atoms with E-state index >= 15 is 0 Å². The van der Waals surface area contributed by atoms with Crippen molar-refractivity contribution in [3.63, 3.8) is 0 Å². The van der Waals surface area contributed by atoms with Gasteiger partial charge in [-0.2, -0.15) is 0 Å². The maximum atomic E-state index is 11.5. The highest BCUT2D eigenvalue weighted by Gasteiger charge is 2.29. The average Bonchev–Trinajstić information content (AvgIpc) is 3.13. The van der Waals surface area contributed by atoms with Crippen LogP contribution in [-0.2, 0) is 0 Å². The molecule has 17 heavy (non-hydrogen) atoms. The molecule has 92 valence electrons. The topological polar surface area (TPSA) is 61.4 Å². The molecular formula is C12H15ClN2O2. The second-order valence-corrected chi connectivity index (χ2v) is 4.63. The van der Waals surface area contributed by atoms with E-state index in [1.807, 2.05) is 0 Å². The van der Waals surface area contributed by atoms with Gasteiger partial charge in [0.15, 0.2) is 0 Å². The lowest BCUT2D eigenvalue weighted by Gasteiger charge is -2.12. The first-order valence-electron chi connectivity index (χ1n) is 5.64. The number of aliphatic hydroxyl groups is 1. The maximum Gasteiger partial charge on any atom is 0.319 e. The Morgan fingerprint density at radius 2 is 2.18 bits per heavy atom. The third-order valence-electron chi connectivity index (χ3n) is 2.76. The molecule has 1 aromatic rings. The zero-order chi connectivity index (χ0) is 12.3. The van der Waals surface area contributed by atoms with E-state index in [1.165, 1.54) is 0 Å². The Morgan fingerprint density at radius 1 is 1.47 bits per heavy atom. The Balaban J connectivity index is 1.78. The van der Waals surface area contributed by atoms with Crippen molar-refractivity contribution < 1.29 is 9.90 Å². The van der Waals surface area contributed by atoms with Crippen molar-refractivity contribution in [2.45, 2.75) is 18.9 Å². The summed E-state index contributed by atoms with van der Waals surface area (Å²) in [6.45, 7) is 0.279. The summed E-state index contributed by atoms with van der Waals surface area (Å²) in [6, 6.07) is 6.66. The van der Waals surface area contributed by atoms with Gasteiger partial charge in [-0.25, -0.2) is 4.79 Å². The summed E-state index contributed by atoms with van der Waals surface area (Å²) in [5.74, 6) is 0.357. The van der Waals surface area contributed by atoms with Crippen LogP contribution >= 0.6 is 11.6 Å². The van der Waals surface area contributed by atoms with Gasteiger partial charge in [0.2, 0.25) is 0 Å². The van der Waals surface area contributed by atoms with Crippen LogP contribution in [0.1, 0.15) is 12.8 Å². The van der Waals surface area contributed by atoms with Crippen LogP contribution < -0.4 is 10.6 Å². The van der Waals surface area contributed by atoms with Gasteiger partial charge in [0.05, 0.1) is 16.8 Å². The zero-order valence-electron chi connectivity index (χ0n) is 9.32. The van der Waals surface area contributed by atoms with Crippen molar-refractivity contribution in [1.82, 2.24) is 5.32 Å². The number of hydrogen-bond donors (Lipinski definition) is 3. The smallest absolute Gasteiger partial charge is 0.319 e. The molecule has 1 aromatic carbocycles. The highest BCUT2D eigenvalue weighted by Crippen LogP contribution is 2.32. The molecule has 0 heterocycles. The Morgan fingerprint density at radius 3 is 2.82 bits per heavy atom. The Hall–Kier alpha value is -1.26. The zero-order valence-corrected chi connectivity index (χ0v) is 10.1. The van der Waals surface area contributed by atoms with Crippen molar-refractivity contribution in [3.8, 4) is 0 Å². The first-order chi connectivity index (χ1) is 8.16. The molecule has 1 saturated carbocycles. The van der Waals surface area contributed by atoms with Crippen molar-refractivity contribution in [2.24, 2.45) is 5.92 Å². The largest absolute Gasteiger partial charge is 0.391 e. The predicted molar refractivity (Wildman–Crippen MR) is 67.2 cm³/mol. The molecule has 4 nitrogen and oxygen atoms in total. The fourth-order valence-corrected chi connectivity index (χ4v) is 1.76. The van der Waals surface area contributed by atoms with E-state index in [0.717, 1.165) is 12.8 Å². The molecule has 0 aliphatic heterocycles. The van der Waals surface area contributed by atoms with Crippen LogP contribution in [0, 0.1) is 5.92 Å². The van der Waals surface area contributed by atoms with E-state index in [4.69, 9.17) is 11.6 Å². The molecular weight excluding hydrogens is 240 g/mol. The quantitative estimate of drug-likeness (QED) is 0.772. The molecule has 0 spiro atoms. The Kier molecular flexibility index (Phi) is 3.86. The number of rotatable bonds is 4. The highest BCUT2D eigenvalue weighted by atomic mass is 35.5. The van der Waals surface area contributed by atoms with Crippen molar-refractivity contribution >= 4 is 23.3 Å². The number of aliphatic hydroxyl groups excluding tert-OH is 1. The number of amides is 2. The second-order valence-electron chi connectivity index (χ2n) is 4.22. The standard InChI is InChI=1S/C12H15ClN2O2/c13-9-3-1-2-4-10(9)15-12(17)14-7-11(16)8-5-6-8/h1-4,8,11,16H,5-7H2,(H2,14,15,17). The summed E-state index contributed by atoms with van der Waals surface area (Å²) in [7, 11) is 0. The molecule has 2 amide bonds. The minimum atomic E-state index is -0.438. The van der Waals surface area contributed by atoms with Crippen LogP contribution in [0.3, 0.4) is 0 Å². The molecule has 0 radical (unpaired) electrons. The summed E-state index contributed by atoms with van der Waals surface area (Å²) in [5, 5.41) is 15.3. The van der Waals surface area contributed by atoms with E-state index < -0.39 is 6.10 Å². The van der Waals surface area contributed by atoms with Crippen LogP contribution in [0.5, 0.6) is 0 Å². The molecule has 2 rings (SSSR count). The lowest BCUT2D eigenvalue weighted by atomic mass is 10.2. The number of nitrogens with one attached hydrogen (secondary N) is 2. The van der Waals surface area contributed by atoms with Crippen LogP contribution in [0.15, 0.2) is 24.3 Å². The number of hydrogen-bond acceptors (Lipinski definition) is 2. The van der Waals surface area contributed by atoms with Gasteiger partial charge in [-0.1, -0.05) is 23.7 Å². The van der Waals surface area contributed by atoms with Crippen molar-refractivity contribution in [2.75, 3.05) is 11.9 Å². The predicted octanol–water partition coefficient (Wildman–Crippen LogP) is 2.23. The van der Waals surface area contributed by atoms with Crippen LogP contribution in [-0.4, -0.2) is 23.8 Å². The number of urea groups is 1. The average molecular weight is 255 g/mol. The van der Waals surface area contributed by atoms with Crippen LogP contribution in [0.2, 0.25) is 5.02 Å². The fraction of sp³-hybridized carbons (Fsp3) is 0.417. The lowest BCUT2D eigenvalue weighted by molar-refractivity contribution is 0.150. The van der Waals surface area contributed by atoms with Crippen LogP contribution in [0.25, 0.3) is 0 Å².